The summed E-state index contributed by atoms with van der Waals surface area (Å²) in [5.74, 6) is -0.0556. The first kappa shape index (κ1) is 16.8. The highest BCUT2D eigenvalue weighted by atomic mass is 35.5. The summed E-state index contributed by atoms with van der Waals surface area (Å²) in [6, 6.07) is 7.89. The van der Waals surface area contributed by atoms with Gasteiger partial charge in [-0.3, -0.25) is 9.78 Å². The quantitative estimate of drug-likeness (QED) is 0.834. The fourth-order valence-electron chi connectivity index (χ4n) is 2.99. The van der Waals surface area contributed by atoms with Crippen LogP contribution in [0.5, 0.6) is 0 Å². The maximum absolute atomic E-state index is 12.4. The van der Waals surface area contributed by atoms with Crippen LogP contribution in [-0.2, 0) is 0 Å². The Bertz CT molecular complexity index is 726. The minimum Gasteiger partial charge on any atom is -0.354 e. The predicted octanol–water partition coefficient (Wildman–Crippen LogP) is 4.85. The second-order valence-electron chi connectivity index (χ2n) is 6.36. The molecular formula is C19H22ClN3O. The summed E-state index contributed by atoms with van der Waals surface area (Å²) in [4.78, 5) is 16.6. The fourth-order valence-corrected chi connectivity index (χ4v) is 3.17. The molecule has 1 heterocycles. The largest absolute Gasteiger partial charge is 0.354 e. The summed E-state index contributed by atoms with van der Waals surface area (Å²) >= 11 is 6.15. The van der Waals surface area contributed by atoms with Crippen molar-refractivity contribution >= 4 is 28.9 Å². The van der Waals surface area contributed by atoms with Crippen molar-refractivity contribution in [3.05, 3.63) is 52.8 Å². The van der Waals surface area contributed by atoms with Gasteiger partial charge in [0.15, 0.2) is 0 Å². The zero-order valence-corrected chi connectivity index (χ0v) is 14.6. The second-order valence-corrected chi connectivity index (χ2v) is 6.77. The van der Waals surface area contributed by atoms with Crippen LogP contribution in [-0.4, -0.2) is 16.9 Å². The van der Waals surface area contributed by atoms with Crippen molar-refractivity contribution in [2.75, 3.05) is 5.32 Å². The fraction of sp³-hybridized carbons (Fsp3) is 0.368. The summed E-state index contributed by atoms with van der Waals surface area (Å²) in [6.45, 7) is 1.96. The number of halogens is 1. The van der Waals surface area contributed by atoms with Gasteiger partial charge in [-0.15, -0.1) is 0 Å². The highest BCUT2D eigenvalue weighted by molar-refractivity contribution is 6.31. The van der Waals surface area contributed by atoms with E-state index in [9.17, 15) is 4.79 Å². The molecule has 3 rings (SSSR count). The minimum absolute atomic E-state index is 0.0556. The lowest BCUT2D eigenvalue weighted by Crippen LogP contribution is -2.36. The molecule has 0 atom stereocenters. The van der Waals surface area contributed by atoms with Gasteiger partial charge in [-0.05, 0) is 43.5 Å². The van der Waals surface area contributed by atoms with Crippen LogP contribution >= 0.6 is 11.6 Å². The zero-order valence-electron chi connectivity index (χ0n) is 13.8. The Morgan fingerprint density at radius 1 is 1.12 bits per heavy atom. The van der Waals surface area contributed by atoms with Gasteiger partial charge in [0.2, 0.25) is 0 Å². The molecule has 0 spiro atoms. The van der Waals surface area contributed by atoms with Crippen LogP contribution < -0.4 is 10.6 Å². The molecule has 1 aliphatic carbocycles. The standard InChI is InChI=1S/C19H22ClN3O/c1-13-7-8-16(10-18(13)20)22-17-9-14(11-21-12-17)19(24)23-15-5-3-2-4-6-15/h7-12,15,22H,2-6H2,1H3,(H,23,24). The summed E-state index contributed by atoms with van der Waals surface area (Å²) in [6.07, 6.45) is 9.10. The molecule has 4 nitrogen and oxygen atoms in total. The van der Waals surface area contributed by atoms with Crippen molar-refractivity contribution in [1.82, 2.24) is 10.3 Å². The number of hydrogen-bond acceptors (Lipinski definition) is 3. The van der Waals surface area contributed by atoms with Gasteiger partial charge < -0.3 is 10.6 Å². The lowest BCUT2D eigenvalue weighted by Gasteiger charge is -2.22. The molecule has 1 aromatic heterocycles. The molecule has 5 heteroatoms. The van der Waals surface area contributed by atoms with Crippen molar-refractivity contribution < 1.29 is 4.79 Å². The Morgan fingerprint density at radius 3 is 2.67 bits per heavy atom. The number of carbonyl (C=O) groups excluding carboxylic acids is 1. The van der Waals surface area contributed by atoms with E-state index in [-0.39, 0.29) is 5.91 Å². The Kier molecular flexibility index (Phi) is 5.36. The van der Waals surface area contributed by atoms with Crippen LogP contribution in [0.15, 0.2) is 36.7 Å². The number of aromatic nitrogens is 1. The molecule has 0 bridgehead atoms. The molecule has 0 unspecified atom stereocenters. The molecule has 126 valence electrons. The maximum Gasteiger partial charge on any atom is 0.253 e. The van der Waals surface area contributed by atoms with E-state index in [1.165, 1.54) is 19.3 Å². The van der Waals surface area contributed by atoms with E-state index >= 15 is 0 Å². The smallest absolute Gasteiger partial charge is 0.253 e. The van der Waals surface area contributed by atoms with E-state index in [0.29, 0.717) is 16.6 Å². The average molecular weight is 344 g/mol. The Balaban J connectivity index is 1.68. The number of nitrogens with zero attached hydrogens (tertiary/aromatic N) is 1. The predicted molar refractivity (Wildman–Crippen MR) is 98.0 cm³/mol. The summed E-state index contributed by atoms with van der Waals surface area (Å²) in [5.41, 5.74) is 3.24. The number of hydrogen-bond donors (Lipinski definition) is 2. The molecular weight excluding hydrogens is 322 g/mol. The molecule has 1 fully saturated rings. The van der Waals surface area contributed by atoms with Crippen LogP contribution in [0, 0.1) is 6.92 Å². The van der Waals surface area contributed by atoms with Crippen LogP contribution in [0.1, 0.15) is 48.0 Å². The molecule has 0 saturated heterocycles. The third kappa shape index (κ3) is 4.26. The highest BCUT2D eigenvalue weighted by Crippen LogP contribution is 2.23. The van der Waals surface area contributed by atoms with Gasteiger partial charge in [0.25, 0.3) is 5.91 Å². The summed E-state index contributed by atoms with van der Waals surface area (Å²) in [5, 5.41) is 7.07. The van der Waals surface area contributed by atoms with Crippen LogP contribution in [0.4, 0.5) is 11.4 Å². The number of aryl methyl sites for hydroxylation is 1. The Hall–Kier alpha value is -2.07. The van der Waals surface area contributed by atoms with Gasteiger partial charge in [-0.1, -0.05) is 36.9 Å². The molecule has 0 aliphatic heterocycles. The van der Waals surface area contributed by atoms with Crippen LogP contribution in [0.25, 0.3) is 0 Å². The minimum atomic E-state index is -0.0556. The lowest BCUT2D eigenvalue weighted by molar-refractivity contribution is 0.0927. The highest BCUT2D eigenvalue weighted by Gasteiger charge is 2.17. The number of carbonyl (C=O) groups is 1. The molecule has 24 heavy (non-hydrogen) atoms. The molecule has 0 radical (unpaired) electrons. The monoisotopic (exact) mass is 343 g/mol. The lowest BCUT2D eigenvalue weighted by atomic mass is 9.95. The third-order valence-electron chi connectivity index (χ3n) is 4.40. The summed E-state index contributed by atoms with van der Waals surface area (Å²) in [7, 11) is 0. The van der Waals surface area contributed by atoms with E-state index in [1.54, 1.807) is 12.4 Å². The second kappa shape index (κ2) is 7.67. The van der Waals surface area contributed by atoms with Gasteiger partial charge in [0.1, 0.15) is 0 Å². The van der Waals surface area contributed by atoms with Gasteiger partial charge in [-0.2, -0.15) is 0 Å². The van der Waals surface area contributed by atoms with E-state index in [4.69, 9.17) is 11.6 Å². The van der Waals surface area contributed by atoms with Gasteiger partial charge in [-0.25, -0.2) is 0 Å². The first-order valence-electron chi connectivity index (χ1n) is 8.41. The van der Waals surface area contributed by atoms with Crippen LogP contribution in [0.2, 0.25) is 5.02 Å². The molecule has 2 N–H and O–H groups in total. The maximum atomic E-state index is 12.4. The first-order chi connectivity index (χ1) is 11.6. The normalized spacial score (nSPS) is 15.1. The van der Waals surface area contributed by atoms with Gasteiger partial charge >= 0.3 is 0 Å². The SMILES string of the molecule is Cc1ccc(Nc2cncc(C(=O)NC3CCCCC3)c2)cc1Cl. The van der Waals surface area contributed by atoms with Crippen molar-refractivity contribution in [2.24, 2.45) is 0 Å². The number of amides is 1. The van der Waals surface area contributed by atoms with Crippen molar-refractivity contribution in [2.45, 2.75) is 45.1 Å². The average Bonchev–Trinajstić information content (AvgIpc) is 2.59. The number of anilines is 2. The summed E-state index contributed by atoms with van der Waals surface area (Å²) < 4.78 is 0. The van der Waals surface area contributed by atoms with Crippen molar-refractivity contribution in [3.8, 4) is 0 Å². The Morgan fingerprint density at radius 2 is 1.92 bits per heavy atom. The van der Waals surface area contributed by atoms with E-state index in [2.05, 4.69) is 15.6 Å². The van der Waals surface area contributed by atoms with Crippen molar-refractivity contribution in [1.29, 1.82) is 0 Å². The molecule has 1 saturated carbocycles. The van der Waals surface area contributed by atoms with E-state index < -0.39 is 0 Å². The Labute approximate surface area is 147 Å². The number of nitrogens with one attached hydrogen (secondary N) is 2. The molecule has 1 aromatic carbocycles. The van der Waals surface area contributed by atoms with Crippen LogP contribution in [0.3, 0.4) is 0 Å². The molecule has 2 aromatic rings. The van der Waals surface area contributed by atoms with Gasteiger partial charge in [0, 0.05) is 22.9 Å². The number of benzene rings is 1. The zero-order chi connectivity index (χ0) is 16.9. The number of rotatable bonds is 4. The third-order valence-corrected chi connectivity index (χ3v) is 4.81. The topological polar surface area (TPSA) is 54.0 Å². The molecule has 1 amide bonds. The van der Waals surface area contributed by atoms with E-state index in [0.717, 1.165) is 29.8 Å². The van der Waals surface area contributed by atoms with E-state index in [1.807, 2.05) is 31.2 Å². The van der Waals surface area contributed by atoms with Crippen molar-refractivity contribution in [3.63, 3.8) is 0 Å². The van der Waals surface area contributed by atoms with Gasteiger partial charge in [0.05, 0.1) is 17.4 Å². The first-order valence-corrected chi connectivity index (χ1v) is 8.79. The molecule has 1 aliphatic rings. The number of pyridine rings is 1.